The molecule has 0 heterocycles. The Bertz CT molecular complexity index is 104. The Hall–Kier alpha value is -0.0800. The van der Waals surface area contributed by atoms with Crippen LogP contribution in [0, 0.1) is 5.41 Å². The Labute approximate surface area is 77.1 Å². The largest absolute Gasteiger partial charge is 0.302 e. The van der Waals surface area contributed by atoms with Crippen molar-refractivity contribution in [1.29, 1.82) is 0 Å². The maximum atomic E-state index is 3.46. The van der Waals surface area contributed by atoms with Crippen LogP contribution >= 0.6 is 0 Å². The lowest BCUT2D eigenvalue weighted by molar-refractivity contribution is 0.200. The van der Waals surface area contributed by atoms with E-state index in [1.807, 2.05) is 0 Å². The predicted octanol–water partition coefficient (Wildman–Crippen LogP) is 1.97. The highest BCUT2D eigenvalue weighted by atomic mass is 15.1. The third-order valence-electron chi connectivity index (χ3n) is 2.51. The maximum Gasteiger partial charge on any atom is 0.0624 e. The fourth-order valence-corrected chi connectivity index (χ4v) is 1.24. The summed E-state index contributed by atoms with van der Waals surface area (Å²) in [6.07, 6.45) is 1.63. The molecule has 12 heavy (non-hydrogen) atoms. The first-order chi connectivity index (χ1) is 5.58. The van der Waals surface area contributed by atoms with Gasteiger partial charge in [0.15, 0.2) is 0 Å². The van der Waals surface area contributed by atoms with Gasteiger partial charge in [-0.15, -0.1) is 0 Å². The van der Waals surface area contributed by atoms with E-state index >= 15 is 0 Å². The van der Waals surface area contributed by atoms with Gasteiger partial charge in [0.1, 0.15) is 0 Å². The summed E-state index contributed by atoms with van der Waals surface area (Å²) in [6, 6.07) is 0. The minimum atomic E-state index is 0.339. The molecular weight excluding hydrogens is 148 g/mol. The van der Waals surface area contributed by atoms with E-state index in [9.17, 15) is 0 Å². The molecule has 0 radical (unpaired) electrons. The zero-order valence-corrected chi connectivity index (χ0v) is 9.20. The summed E-state index contributed by atoms with van der Waals surface area (Å²) in [7, 11) is 0. The molecule has 0 bridgehead atoms. The van der Waals surface area contributed by atoms with Gasteiger partial charge in [0.25, 0.3) is 0 Å². The smallest absolute Gasteiger partial charge is 0.0624 e. The van der Waals surface area contributed by atoms with E-state index in [-0.39, 0.29) is 0 Å². The zero-order chi connectivity index (χ0) is 9.61. The molecule has 0 spiro atoms. The van der Waals surface area contributed by atoms with E-state index in [4.69, 9.17) is 0 Å². The normalized spacial score (nSPS) is 12.5. The minimum absolute atomic E-state index is 0.339. The molecule has 0 aromatic heterocycles. The van der Waals surface area contributed by atoms with Gasteiger partial charge in [0.2, 0.25) is 0 Å². The van der Waals surface area contributed by atoms with Crippen molar-refractivity contribution in [3.05, 3.63) is 0 Å². The number of hydrogen-bond acceptors (Lipinski definition) is 2. The van der Waals surface area contributed by atoms with Crippen LogP contribution in [0.15, 0.2) is 0 Å². The van der Waals surface area contributed by atoms with Crippen LogP contribution in [-0.4, -0.2) is 19.3 Å². The lowest BCUT2D eigenvalue weighted by atomic mass is 9.86. The maximum absolute atomic E-state index is 3.46. The third-order valence-corrected chi connectivity index (χ3v) is 2.51. The number of nitrogens with one attached hydrogen (secondary N) is 2. The summed E-state index contributed by atoms with van der Waals surface area (Å²) < 4.78 is 0. The lowest BCUT2D eigenvalue weighted by Gasteiger charge is -2.34. The van der Waals surface area contributed by atoms with Crippen molar-refractivity contribution < 1.29 is 0 Å². The van der Waals surface area contributed by atoms with E-state index in [0.29, 0.717) is 11.6 Å². The minimum Gasteiger partial charge on any atom is -0.302 e. The molecule has 0 saturated carbocycles. The van der Waals surface area contributed by atoms with Gasteiger partial charge in [-0.3, -0.25) is 0 Å². The van der Waals surface area contributed by atoms with Gasteiger partial charge in [0, 0.05) is 0 Å². The van der Waals surface area contributed by atoms with Crippen molar-refractivity contribution in [2.24, 2.45) is 5.41 Å². The van der Waals surface area contributed by atoms with Crippen LogP contribution in [0.3, 0.4) is 0 Å². The van der Waals surface area contributed by atoms with Gasteiger partial charge < -0.3 is 10.6 Å². The second-order valence-electron chi connectivity index (χ2n) is 3.89. The first kappa shape index (κ1) is 11.9. The molecule has 0 aliphatic heterocycles. The molecule has 0 aromatic rings. The van der Waals surface area contributed by atoms with Gasteiger partial charge in [-0.05, 0) is 24.9 Å². The van der Waals surface area contributed by atoms with Gasteiger partial charge in [-0.1, -0.05) is 34.6 Å². The average Bonchev–Trinajstić information content (AvgIpc) is 2.04. The summed E-state index contributed by atoms with van der Waals surface area (Å²) in [4.78, 5) is 0. The van der Waals surface area contributed by atoms with E-state index in [2.05, 4.69) is 45.3 Å². The molecule has 0 aromatic carbocycles. The molecule has 0 aliphatic rings. The van der Waals surface area contributed by atoms with E-state index in [1.165, 1.54) is 6.42 Å². The average molecular weight is 172 g/mol. The molecule has 74 valence electrons. The van der Waals surface area contributed by atoms with Gasteiger partial charge >= 0.3 is 0 Å². The standard InChI is InChI=1S/C10H24N2/c1-6-10(4,5)9(11-7-2)12-8-3/h9,11-12H,6-8H2,1-5H3. The summed E-state index contributed by atoms with van der Waals surface area (Å²) >= 11 is 0. The summed E-state index contributed by atoms with van der Waals surface area (Å²) in [5.41, 5.74) is 0.339. The third kappa shape index (κ3) is 3.55. The molecule has 0 amide bonds. The Kier molecular flexibility index (Phi) is 5.51. The number of rotatable bonds is 6. The second-order valence-corrected chi connectivity index (χ2v) is 3.89. The second kappa shape index (κ2) is 5.55. The Morgan fingerprint density at radius 1 is 1.00 bits per heavy atom. The van der Waals surface area contributed by atoms with Crippen molar-refractivity contribution in [1.82, 2.24) is 10.6 Å². The van der Waals surface area contributed by atoms with Gasteiger partial charge in [-0.25, -0.2) is 0 Å². The van der Waals surface area contributed by atoms with Crippen LogP contribution in [0.1, 0.15) is 41.0 Å². The molecule has 0 saturated heterocycles. The van der Waals surface area contributed by atoms with E-state index in [0.717, 1.165) is 13.1 Å². The molecule has 0 fully saturated rings. The van der Waals surface area contributed by atoms with Crippen LogP contribution in [0.4, 0.5) is 0 Å². The Morgan fingerprint density at radius 3 is 1.67 bits per heavy atom. The SMILES string of the molecule is CCNC(NCC)C(C)(C)CC. The van der Waals surface area contributed by atoms with Crippen LogP contribution in [0.5, 0.6) is 0 Å². The highest BCUT2D eigenvalue weighted by Crippen LogP contribution is 2.22. The molecule has 0 atom stereocenters. The quantitative estimate of drug-likeness (QED) is 0.599. The number of hydrogen-bond donors (Lipinski definition) is 2. The van der Waals surface area contributed by atoms with E-state index < -0.39 is 0 Å². The van der Waals surface area contributed by atoms with Crippen molar-refractivity contribution in [2.45, 2.75) is 47.2 Å². The van der Waals surface area contributed by atoms with Crippen molar-refractivity contribution in [3.8, 4) is 0 Å². The fourth-order valence-electron chi connectivity index (χ4n) is 1.24. The molecule has 2 N–H and O–H groups in total. The van der Waals surface area contributed by atoms with Crippen LogP contribution in [0.2, 0.25) is 0 Å². The Morgan fingerprint density at radius 2 is 1.42 bits per heavy atom. The van der Waals surface area contributed by atoms with Crippen LogP contribution < -0.4 is 10.6 Å². The van der Waals surface area contributed by atoms with E-state index in [1.54, 1.807) is 0 Å². The predicted molar refractivity (Wildman–Crippen MR) is 55.2 cm³/mol. The summed E-state index contributed by atoms with van der Waals surface area (Å²) in [5, 5.41) is 6.93. The first-order valence-electron chi connectivity index (χ1n) is 5.05. The molecule has 2 heteroatoms. The van der Waals surface area contributed by atoms with Crippen LogP contribution in [0.25, 0.3) is 0 Å². The molecule has 0 aliphatic carbocycles. The summed E-state index contributed by atoms with van der Waals surface area (Å²) in [5.74, 6) is 0. The van der Waals surface area contributed by atoms with Crippen molar-refractivity contribution in [2.75, 3.05) is 13.1 Å². The molecule has 0 unspecified atom stereocenters. The Balaban J connectivity index is 4.07. The monoisotopic (exact) mass is 172 g/mol. The van der Waals surface area contributed by atoms with Crippen LogP contribution in [-0.2, 0) is 0 Å². The van der Waals surface area contributed by atoms with Crippen molar-refractivity contribution in [3.63, 3.8) is 0 Å². The zero-order valence-electron chi connectivity index (χ0n) is 9.20. The van der Waals surface area contributed by atoms with Gasteiger partial charge in [-0.2, -0.15) is 0 Å². The molecule has 0 rings (SSSR count). The molecular formula is C10H24N2. The van der Waals surface area contributed by atoms with Gasteiger partial charge in [0.05, 0.1) is 6.17 Å². The summed E-state index contributed by atoms with van der Waals surface area (Å²) in [6.45, 7) is 13.2. The highest BCUT2D eigenvalue weighted by molar-refractivity contribution is 4.80. The first-order valence-corrected chi connectivity index (χ1v) is 5.05. The fraction of sp³-hybridized carbons (Fsp3) is 1.00. The lowest BCUT2D eigenvalue weighted by Crippen LogP contribution is -2.51. The topological polar surface area (TPSA) is 24.1 Å². The molecule has 2 nitrogen and oxygen atoms in total. The highest BCUT2D eigenvalue weighted by Gasteiger charge is 2.25. The van der Waals surface area contributed by atoms with Crippen molar-refractivity contribution >= 4 is 0 Å².